The van der Waals surface area contributed by atoms with Gasteiger partial charge in [-0.3, -0.25) is 0 Å². The van der Waals surface area contributed by atoms with E-state index in [1.807, 2.05) is 12.1 Å². The first-order valence-corrected chi connectivity index (χ1v) is 12.2. The molecule has 3 aromatic carbocycles. The smallest absolute Gasteiger partial charge is 0.145 e. The van der Waals surface area contributed by atoms with Crippen molar-refractivity contribution in [3.8, 4) is 11.1 Å². The Labute approximate surface area is 195 Å². The van der Waals surface area contributed by atoms with Crippen LogP contribution in [0.1, 0.15) is 68.1 Å². The van der Waals surface area contributed by atoms with Gasteiger partial charge in [-0.2, -0.15) is 0 Å². The molecule has 1 aliphatic carbocycles. The van der Waals surface area contributed by atoms with Gasteiger partial charge in [0.15, 0.2) is 0 Å². The lowest BCUT2D eigenvalue weighted by Gasteiger charge is -2.29. The lowest BCUT2D eigenvalue weighted by Crippen LogP contribution is -2.14. The Morgan fingerprint density at radius 1 is 0.750 bits per heavy atom. The lowest BCUT2D eigenvalue weighted by atomic mass is 9.77. The second kappa shape index (κ2) is 10.6. The zero-order chi connectivity index (χ0) is 22.5. The van der Waals surface area contributed by atoms with E-state index in [0.717, 1.165) is 17.9 Å². The molecule has 0 radical (unpaired) electrons. The first kappa shape index (κ1) is 23.0. The summed E-state index contributed by atoms with van der Waals surface area (Å²) in [5.74, 6) is 0.0441. The third-order valence-electron chi connectivity index (χ3n) is 6.95. The summed E-state index contributed by atoms with van der Waals surface area (Å²) in [6, 6.07) is 19.9. The second-order valence-corrected chi connectivity index (χ2v) is 9.58. The molecule has 0 spiro atoms. The molecule has 0 saturated heterocycles. The molecule has 0 N–H and O–H groups in total. The zero-order valence-electron chi connectivity index (χ0n) is 18.7. The van der Waals surface area contributed by atoms with Crippen LogP contribution in [0.2, 0.25) is 5.02 Å². The van der Waals surface area contributed by atoms with E-state index >= 15 is 0 Å². The number of halogens is 3. The van der Waals surface area contributed by atoms with Crippen molar-refractivity contribution in [2.24, 2.45) is 5.92 Å². The van der Waals surface area contributed by atoms with Crippen molar-refractivity contribution >= 4 is 11.6 Å². The van der Waals surface area contributed by atoms with Crippen LogP contribution in [0.25, 0.3) is 11.1 Å². The molecule has 0 atom stereocenters. The SMILES string of the molecule is CCCc1ccc([C@H]2CC[C@H](CCc3ccc(-c4cc(F)c(Cl)c(F)c4)cc3)CC2)cc1. The van der Waals surface area contributed by atoms with E-state index in [2.05, 4.69) is 43.3 Å². The molecule has 4 rings (SSSR count). The summed E-state index contributed by atoms with van der Waals surface area (Å²) in [5.41, 5.74) is 5.54. The zero-order valence-corrected chi connectivity index (χ0v) is 19.5. The summed E-state index contributed by atoms with van der Waals surface area (Å²) in [4.78, 5) is 0. The molecule has 3 heteroatoms. The topological polar surface area (TPSA) is 0 Å². The van der Waals surface area contributed by atoms with E-state index in [-0.39, 0.29) is 0 Å². The molecule has 0 unspecified atom stereocenters. The lowest BCUT2D eigenvalue weighted by molar-refractivity contribution is 0.310. The molecule has 0 bridgehead atoms. The number of rotatable bonds is 7. The predicted octanol–water partition coefficient (Wildman–Crippen LogP) is 9.14. The summed E-state index contributed by atoms with van der Waals surface area (Å²) in [6.45, 7) is 2.23. The molecular formula is C29H31ClF2. The fourth-order valence-corrected chi connectivity index (χ4v) is 5.10. The first-order valence-electron chi connectivity index (χ1n) is 11.9. The summed E-state index contributed by atoms with van der Waals surface area (Å²) < 4.78 is 27.5. The normalized spacial score (nSPS) is 18.6. The van der Waals surface area contributed by atoms with Crippen molar-refractivity contribution in [3.05, 3.63) is 94.0 Å². The van der Waals surface area contributed by atoms with Crippen LogP contribution >= 0.6 is 11.6 Å². The van der Waals surface area contributed by atoms with E-state index in [9.17, 15) is 8.78 Å². The fourth-order valence-electron chi connectivity index (χ4n) is 4.99. The van der Waals surface area contributed by atoms with Crippen LogP contribution in [0, 0.1) is 17.6 Å². The van der Waals surface area contributed by atoms with Gasteiger partial charge >= 0.3 is 0 Å². The van der Waals surface area contributed by atoms with Gasteiger partial charge in [0.05, 0.1) is 0 Å². The minimum atomic E-state index is -0.724. The molecule has 1 aliphatic rings. The number of aryl methyl sites for hydroxylation is 2. The van der Waals surface area contributed by atoms with Crippen molar-refractivity contribution in [1.29, 1.82) is 0 Å². The van der Waals surface area contributed by atoms with Crippen LogP contribution in [0.5, 0.6) is 0 Å². The van der Waals surface area contributed by atoms with Gasteiger partial charge < -0.3 is 0 Å². The number of benzene rings is 3. The molecule has 0 nitrogen and oxygen atoms in total. The van der Waals surface area contributed by atoms with E-state index < -0.39 is 16.7 Å². The van der Waals surface area contributed by atoms with Crippen LogP contribution in [0.3, 0.4) is 0 Å². The van der Waals surface area contributed by atoms with Crippen LogP contribution < -0.4 is 0 Å². The van der Waals surface area contributed by atoms with Crippen molar-refractivity contribution in [3.63, 3.8) is 0 Å². The van der Waals surface area contributed by atoms with E-state index in [0.29, 0.717) is 11.5 Å². The molecule has 0 aliphatic heterocycles. The Bertz CT molecular complexity index is 993. The number of hydrogen-bond donors (Lipinski definition) is 0. The summed E-state index contributed by atoms with van der Waals surface area (Å²) in [7, 11) is 0. The highest BCUT2D eigenvalue weighted by atomic mass is 35.5. The Morgan fingerprint density at radius 2 is 1.31 bits per heavy atom. The maximum Gasteiger partial charge on any atom is 0.145 e. The monoisotopic (exact) mass is 452 g/mol. The van der Waals surface area contributed by atoms with Crippen LogP contribution in [0.4, 0.5) is 8.78 Å². The average Bonchev–Trinajstić information content (AvgIpc) is 2.82. The molecule has 0 amide bonds. The van der Waals surface area contributed by atoms with Crippen molar-refractivity contribution in [2.45, 2.75) is 64.2 Å². The molecule has 0 heterocycles. The Kier molecular flexibility index (Phi) is 7.63. The summed E-state index contributed by atoms with van der Waals surface area (Å²) >= 11 is 5.59. The van der Waals surface area contributed by atoms with Crippen molar-refractivity contribution < 1.29 is 8.78 Å². The average molecular weight is 453 g/mol. The van der Waals surface area contributed by atoms with E-state index in [4.69, 9.17) is 11.6 Å². The largest absolute Gasteiger partial charge is 0.205 e. The van der Waals surface area contributed by atoms with Crippen LogP contribution in [0.15, 0.2) is 60.7 Å². The molecule has 1 fully saturated rings. The maximum atomic E-state index is 13.7. The van der Waals surface area contributed by atoms with Gasteiger partial charge in [0, 0.05) is 0 Å². The fraction of sp³-hybridized carbons (Fsp3) is 0.379. The van der Waals surface area contributed by atoms with Crippen molar-refractivity contribution in [1.82, 2.24) is 0 Å². The highest BCUT2D eigenvalue weighted by Crippen LogP contribution is 2.37. The summed E-state index contributed by atoms with van der Waals surface area (Å²) in [6.07, 6.45) is 9.77. The van der Waals surface area contributed by atoms with Gasteiger partial charge in [0.2, 0.25) is 0 Å². The minimum Gasteiger partial charge on any atom is -0.205 e. The van der Waals surface area contributed by atoms with Gasteiger partial charge in [0.25, 0.3) is 0 Å². The highest BCUT2D eigenvalue weighted by Gasteiger charge is 2.22. The Morgan fingerprint density at radius 3 is 1.91 bits per heavy atom. The highest BCUT2D eigenvalue weighted by molar-refractivity contribution is 6.31. The quantitative estimate of drug-likeness (QED) is 0.313. The predicted molar refractivity (Wildman–Crippen MR) is 130 cm³/mol. The Hall–Kier alpha value is -2.19. The molecular weight excluding hydrogens is 422 g/mol. The van der Waals surface area contributed by atoms with E-state index in [1.54, 1.807) is 0 Å². The van der Waals surface area contributed by atoms with Gasteiger partial charge in [-0.05, 0) is 96.7 Å². The summed E-state index contributed by atoms with van der Waals surface area (Å²) in [5, 5.41) is -0.450. The molecule has 1 saturated carbocycles. The van der Waals surface area contributed by atoms with Crippen LogP contribution in [-0.4, -0.2) is 0 Å². The van der Waals surface area contributed by atoms with Gasteiger partial charge in [0.1, 0.15) is 16.7 Å². The first-order chi connectivity index (χ1) is 15.5. The van der Waals surface area contributed by atoms with Gasteiger partial charge in [-0.25, -0.2) is 8.78 Å². The van der Waals surface area contributed by atoms with E-state index in [1.165, 1.54) is 73.8 Å². The van der Waals surface area contributed by atoms with Crippen LogP contribution in [-0.2, 0) is 12.8 Å². The molecule has 168 valence electrons. The molecule has 3 aromatic rings. The van der Waals surface area contributed by atoms with Crippen molar-refractivity contribution in [2.75, 3.05) is 0 Å². The Balaban J connectivity index is 1.27. The molecule has 32 heavy (non-hydrogen) atoms. The second-order valence-electron chi connectivity index (χ2n) is 9.20. The van der Waals surface area contributed by atoms with Gasteiger partial charge in [-0.15, -0.1) is 0 Å². The minimum absolute atomic E-state index is 0.450. The molecule has 0 aromatic heterocycles. The number of hydrogen-bond acceptors (Lipinski definition) is 0. The third kappa shape index (κ3) is 5.59. The third-order valence-corrected chi connectivity index (χ3v) is 7.31. The standard InChI is InChI=1S/C29H31ClF2/c1-2-3-20-6-12-23(13-7-20)24-14-8-21(9-15-24)4-5-22-10-16-25(17-11-22)26-18-27(31)29(30)28(32)19-26/h6-7,10-13,16-19,21,24H,2-5,8-9,14-15H2,1H3/t21-,24-. The maximum absolute atomic E-state index is 13.7. The van der Waals surface area contributed by atoms with Gasteiger partial charge in [-0.1, -0.05) is 73.5 Å².